The van der Waals surface area contributed by atoms with E-state index in [0.717, 1.165) is 32.8 Å². The maximum absolute atomic E-state index is 12.3. The lowest BCUT2D eigenvalue weighted by Crippen LogP contribution is -2.29. The zero-order chi connectivity index (χ0) is 33.5. The molecular weight excluding hydrogens is 651 g/mol. The number of hydrogen-bond donors (Lipinski definition) is 2. The number of imidazole rings is 1. The van der Waals surface area contributed by atoms with E-state index < -0.39 is 16.1 Å². The van der Waals surface area contributed by atoms with Crippen molar-refractivity contribution >= 4 is 51.3 Å². The van der Waals surface area contributed by atoms with Crippen LogP contribution in [0.25, 0.3) is 34.5 Å². The molecule has 240 valence electrons. The molecular formula is C37H34Cl2N4O3S. The van der Waals surface area contributed by atoms with E-state index in [0.29, 0.717) is 33.8 Å². The molecule has 7 nitrogen and oxygen atoms in total. The molecule has 1 aromatic heterocycles. The van der Waals surface area contributed by atoms with Crippen molar-refractivity contribution < 1.29 is 13.5 Å². The fourth-order valence-electron chi connectivity index (χ4n) is 5.40. The van der Waals surface area contributed by atoms with Gasteiger partial charge in [-0.15, -0.1) is 0 Å². The molecule has 0 saturated carbocycles. The monoisotopic (exact) mass is 684 g/mol. The maximum atomic E-state index is 12.3. The summed E-state index contributed by atoms with van der Waals surface area (Å²) in [6.07, 6.45) is 7.06. The van der Waals surface area contributed by atoms with Crippen LogP contribution >= 0.6 is 23.2 Å². The Hall–Kier alpha value is -4.50. The molecule has 0 atom stereocenters. The van der Waals surface area contributed by atoms with E-state index in [9.17, 15) is 13.5 Å². The maximum Gasteiger partial charge on any atom is 0.330 e. The number of anilines is 1. The van der Waals surface area contributed by atoms with Gasteiger partial charge in [0.25, 0.3) is 0 Å². The molecule has 0 fully saturated rings. The molecule has 2 N–H and O–H groups in total. The van der Waals surface area contributed by atoms with Crippen LogP contribution in [0.4, 0.5) is 5.69 Å². The highest BCUT2D eigenvalue weighted by molar-refractivity contribution is 7.91. The summed E-state index contributed by atoms with van der Waals surface area (Å²) in [6.45, 7) is 9.29. The van der Waals surface area contributed by atoms with Crippen LogP contribution in [0.5, 0.6) is 0 Å². The normalized spacial score (nSPS) is 14.4. The highest BCUT2D eigenvalue weighted by atomic mass is 35.5. The van der Waals surface area contributed by atoms with E-state index in [1.165, 1.54) is 16.7 Å². The highest BCUT2D eigenvalue weighted by Gasteiger charge is 2.28. The third-order valence-corrected chi connectivity index (χ3v) is 9.75. The summed E-state index contributed by atoms with van der Waals surface area (Å²) in [4.78, 5) is 4.91. The molecule has 0 bridgehead atoms. The Labute approximate surface area is 285 Å². The molecule has 5 aromatic rings. The van der Waals surface area contributed by atoms with Crippen molar-refractivity contribution in [2.75, 3.05) is 4.31 Å². The lowest BCUT2D eigenvalue weighted by atomic mass is 9.84. The van der Waals surface area contributed by atoms with Crippen LogP contribution in [0.2, 0.25) is 10.0 Å². The number of benzene rings is 4. The highest BCUT2D eigenvalue weighted by Crippen LogP contribution is 2.32. The summed E-state index contributed by atoms with van der Waals surface area (Å²) in [5.74, 6) is 0.281. The number of aliphatic hydroxyl groups excluding tert-OH is 1. The van der Waals surface area contributed by atoms with Gasteiger partial charge in [0.1, 0.15) is 5.82 Å². The molecule has 0 radical (unpaired) electrons. The van der Waals surface area contributed by atoms with Gasteiger partial charge in [-0.1, -0.05) is 110 Å². The van der Waals surface area contributed by atoms with E-state index in [1.54, 1.807) is 24.3 Å². The fourth-order valence-corrected chi connectivity index (χ4v) is 6.96. The second-order valence-corrected chi connectivity index (χ2v) is 15.0. The lowest BCUT2D eigenvalue weighted by Gasteiger charge is -2.21. The van der Waals surface area contributed by atoms with Crippen LogP contribution in [0.15, 0.2) is 103 Å². The average molecular weight is 686 g/mol. The van der Waals surface area contributed by atoms with E-state index in [4.69, 9.17) is 28.2 Å². The Balaban J connectivity index is 1.29. The number of nitrogens with zero attached hydrogens (tertiary/aromatic N) is 3. The number of aryl methyl sites for hydroxylation is 1. The third kappa shape index (κ3) is 7.25. The molecule has 0 unspecified atom stereocenters. The summed E-state index contributed by atoms with van der Waals surface area (Å²) in [7, 11) is -3.87. The van der Waals surface area contributed by atoms with Crippen molar-refractivity contribution in [3.63, 3.8) is 0 Å². The van der Waals surface area contributed by atoms with Gasteiger partial charge in [0, 0.05) is 23.3 Å². The van der Waals surface area contributed by atoms with Crippen molar-refractivity contribution in [3.05, 3.63) is 141 Å². The number of aromatic nitrogens is 2. The predicted molar refractivity (Wildman–Crippen MR) is 193 cm³/mol. The molecule has 1 aliphatic heterocycles. The smallest absolute Gasteiger partial charge is 0.330 e. The molecule has 0 aliphatic carbocycles. The van der Waals surface area contributed by atoms with Gasteiger partial charge in [-0.25, -0.2) is 14.0 Å². The SMILES string of the molecule is Cc1cc(-c2ccc(C=Cc3nc(-c4ccc(Cl)cc4Cl)cn3Cc3ccc(N4C=C(O)NS4(=O)=O)cc3)cc2)cc(C(C)(C)C)c1. The van der Waals surface area contributed by atoms with Gasteiger partial charge in [0.05, 0.1) is 22.6 Å². The number of aliphatic hydroxyl groups is 1. The summed E-state index contributed by atoms with van der Waals surface area (Å²) in [5, 5.41) is 10.7. The Bertz CT molecular complexity index is 2130. The van der Waals surface area contributed by atoms with Crippen LogP contribution in [0.1, 0.15) is 48.8 Å². The quantitative estimate of drug-likeness (QED) is 0.179. The Morgan fingerprint density at radius 1 is 0.894 bits per heavy atom. The first-order valence-electron chi connectivity index (χ1n) is 15.0. The van der Waals surface area contributed by atoms with Gasteiger partial charge >= 0.3 is 10.2 Å². The van der Waals surface area contributed by atoms with Gasteiger partial charge in [0.2, 0.25) is 5.88 Å². The topological polar surface area (TPSA) is 87.5 Å². The number of hydrogen-bond acceptors (Lipinski definition) is 4. The molecule has 10 heteroatoms. The first kappa shape index (κ1) is 32.4. The Kier molecular flexibility index (Phi) is 8.70. The van der Waals surface area contributed by atoms with Crippen molar-refractivity contribution in [1.29, 1.82) is 0 Å². The zero-order valence-corrected chi connectivity index (χ0v) is 28.7. The minimum atomic E-state index is -3.87. The summed E-state index contributed by atoms with van der Waals surface area (Å²) >= 11 is 12.7. The van der Waals surface area contributed by atoms with Crippen LogP contribution < -0.4 is 9.03 Å². The number of rotatable bonds is 7. The van der Waals surface area contributed by atoms with Gasteiger partial charge in [-0.3, -0.25) is 0 Å². The van der Waals surface area contributed by atoms with E-state index in [1.807, 2.05) is 41.1 Å². The molecule has 2 heterocycles. The summed E-state index contributed by atoms with van der Waals surface area (Å²) in [5.41, 5.74) is 8.77. The van der Waals surface area contributed by atoms with E-state index in [2.05, 4.69) is 74.9 Å². The van der Waals surface area contributed by atoms with Gasteiger partial charge in [-0.2, -0.15) is 8.42 Å². The van der Waals surface area contributed by atoms with Crippen molar-refractivity contribution in [3.8, 4) is 22.4 Å². The van der Waals surface area contributed by atoms with E-state index >= 15 is 0 Å². The fraction of sp³-hybridized carbons (Fsp3) is 0.162. The molecule has 0 amide bonds. The van der Waals surface area contributed by atoms with Crippen molar-refractivity contribution in [2.24, 2.45) is 0 Å². The molecule has 1 aliphatic rings. The molecule has 47 heavy (non-hydrogen) atoms. The first-order chi connectivity index (χ1) is 22.2. The minimum absolute atomic E-state index is 0.0653. The van der Waals surface area contributed by atoms with Gasteiger partial charge < -0.3 is 9.67 Å². The molecule has 0 spiro atoms. The van der Waals surface area contributed by atoms with Crippen LogP contribution in [-0.4, -0.2) is 23.1 Å². The van der Waals surface area contributed by atoms with Gasteiger partial charge in [0.15, 0.2) is 0 Å². The van der Waals surface area contributed by atoms with Crippen LogP contribution in [0.3, 0.4) is 0 Å². The third-order valence-electron chi connectivity index (χ3n) is 7.90. The number of halogens is 2. The molecule has 6 rings (SSSR count). The molecule has 0 saturated heterocycles. The largest absolute Gasteiger partial charge is 0.493 e. The Morgan fingerprint density at radius 2 is 1.62 bits per heavy atom. The van der Waals surface area contributed by atoms with Crippen molar-refractivity contribution in [2.45, 2.75) is 39.7 Å². The zero-order valence-electron chi connectivity index (χ0n) is 26.4. The summed E-state index contributed by atoms with van der Waals surface area (Å²) < 4.78 is 29.6. The average Bonchev–Trinajstić information content (AvgIpc) is 3.53. The number of nitrogens with one attached hydrogen (secondary N) is 1. The summed E-state index contributed by atoms with van der Waals surface area (Å²) in [6, 6.07) is 27.6. The van der Waals surface area contributed by atoms with Crippen LogP contribution in [-0.2, 0) is 22.2 Å². The predicted octanol–water partition coefficient (Wildman–Crippen LogP) is 9.36. The first-order valence-corrected chi connectivity index (χ1v) is 17.2. The van der Waals surface area contributed by atoms with E-state index in [-0.39, 0.29) is 5.41 Å². The lowest BCUT2D eigenvalue weighted by molar-refractivity contribution is 0.392. The van der Waals surface area contributed by atoms with Crippen LogP contribution in [0, 0.1) is 6.92 Å². The Morgan fingerprint density at radius 3 is 2.26 bits per heavy atom. The molecule has 4 aromatic carbocycles. The standard InChI is InChI=1S/C37H34Cl2N4O3S/c1-24-17-28(19-29(18-24)37(2,3)4)27-10-5-25(6-11-27)9-16-35-40-34(32-15-12-30(38)20-33(32)39)22-42(35)21-26-7-13-31(14-8-26)43-23-36(44)41-47(43,45)46/h5-20,22-23,41,44H,21H2,1-4H3. The second kappa shape index (κ2) is 12.6. The van der Waals surface area contributed by atoms with Gasteiger partial charge in [-0.05, 0) is 76.6 Å². The van der Waals surface area contributed by atoms with Crippen molar-refractivity contribution in [1.82, 2.24) is 14.3 Å². The minimum Gasteiger partial charge on any atom is -0.493 e. The second-order valence-electron chi connectivity index (χ2n) is 12.6.